The Morgan fingerprint density at radius 1 is 1.50 bits per heavy atom. The molecule has 88 valence electrons. The minimum absolute atomic E-state index is 0.238. The van der Waals surface area contributed by atoms with Crippen LogP contribution in [0.4, 0.5) is 0 Å². The highest BCUT2D eigenvalue weighted by Crippen LogP contribution is 2.08. The monoisotopic (exact) mass is 221 g/mol. The van der Waals surface area contributed by atoms with E-state index >= 15 is 0 Å². The van der Waals surface area contributed by atoms with Gasteiger partial charge in [-0.3, -0.25) is 0 Å². The van der Waals surface area contributed by atoms with E-state index in [0.29, 0.717) is 18.6 Å². The molecule has 0 atom stereocenters. The van der Waals surface area contributed by atoms with E-state index in [9.17, 15) is 4.79 Å². The predicted octanol–water partition coefficient (Wildman–Crippen LogP) is 2.67. The molecule has 0 unspecified atom stereocenters. The molecule has 0 aliphatic heterocycles. The predicted molar refractivity (Wildman–Crippen MR) is 64.6 cm³/mol. The number of rotatable bonds is 5. The lowest BCUT2D eigenvalue weighted by atomic mass is 10.1. The molecule has 0 aromatic carbocycles. The fraction of sp³-hybridized carbons (Fsp3) is 0.462. The van der Waals surface area contributed by atoms with Crippen molar-refractivity contribution in [1.82, 2.24) is 5.32 Å². The lowest BCUT2D eigenvalue weighted by molar-refractivity contribution is -0.138. The first-order chi connectivity index (χ1) is 7.77. The Balaban J connectivity index is 2.55. The molecule has 0 saturated heterocycles. The molecule has 16 heavy (non-hydrogen) atoms. The fourth-order valence-electron chi connectivity index (χ4n) is 1.42. The van der Waals surface area contributed by atoms with Crippen LogP contribution in [-0.2, 0) is 9.53 Å². The molecule has 0 heterocycles. The standard InChI is InChI=1S/C13H19NO2/c1-3-11(13(15)16-4-2)10-14-12-8-6-5-7-9-12/h6,8-10,14H,3-5,7H2,1-2H3/b11-10-. The molecular weight excluding hydrogens is 202 g/mol. The number of nitrogens with one attached hydrogen (secondary N) is 1. The summed E-state index contributed by atoms with van der Waals surface area (Å²) >= 11 is 0. The molecule has 3 heteroatoms. The van der Waals surface area contributed by atoms with Gasteiger partial charge in [-0.25, -0.2) is 4.79 Å². The Morgan fingerprint density at radius 3 is 2.88 bits per heavy atom. The lowest BCUT2D eigenvalue weighted by Gasteiger charge is -2.08. The van der Waals surface area contributed by atoms with Crippen LogP contribution in [0.25, 0.3) is 0 Å². The molecule has 0 saturated carbocycles. The van der Waals surface area contributed by atoms with Crippen molar-refractivity contribution in [3.63, 3.8) is 0 Å². The molecule has 0 spiro atoms. The third kappa shape index (κ3) is 3.93. The first-order valence-corrected chi connectivity index (χ1v) is 5.77. The molecule has 0 radical (unpaired) electrons. The quantitative estimate of drug-likeness (QED) is 0.573. The van der Waals surface area contributed by atoms with Crippen molar-refractivity contribution in [1.29, 1.82) is 0 Å². The number of hydrogen-bond acceptors (Lipinski definition) is 3. The van der Waals surface area contributed by atoms with E-state index in [2.05, 4.69) is 17.5 Å². The van der Waals surface area contributed by atoms with Gasteiger partial charge in [-0.1, -0.05) is 19.1 Å². The Morgan fingerprint density at radius 2 is 2.31 bits per heavy atom. The van der Waals surface area contributed by atoms with Crippen LogP contribution in [0.3, 0.4) is 0 Å². The Bertz CT molecular complexity index is 327. The zero-order valence-electron chi connectivity index (χ0n) is 9.95. The van der Waals surface area contributed by atoms with Crippen molar-refractivity contribution >= 4 is 5.97 Å². The molecule has 0 fully saturated rings. The SMILES string of the molecule is CCOC(=O)/C(=C\NC1=CCCC=C1)CC. The van der Waals surface area contributed by atoms with Gasteiger partial charge in [0.15, 0.2) is 0 Å². The van der Waals surface area contributed by atoms with Crippen molar-refractivity contribution in [2.24, 2.45) is 0 Å². The van der Waals surface area contributed by atoms with Gasteiger partial charge < -0.3 is 10.1 Å². The molecule has 1 aliphatic carbocycles. The molecule has 1 N–H and O–H groups in total. The highest BCUT2D eigenvalue weighted by Gasteiger charge is 2.07. The van der Waals surface area contributed by atoms with Crippen LogP contribution in [0.1, 0.15) is 33.1 Å². The number of ether oxygens (including phenoxy) is 1. The molecule has 0 amide bonds. The number of carbonyl (C=O) groups is 1. The minimum atomic E-state index is -0.238. The maximum absolute atomic E-state index is 11.5. The summed E-state index contributed by atoms with van der Waals surface area (Å²) < 4.78 is 4.95. The average Bonchev–Trinajstić information content (AvgIpc) is 2.31. The Labute approximate surface area is 96.9 Å². The molecule has 0 aromatic heterocycles. The maximum atomic E-state index is 11.5. The zero-order chi connectivity index (χ0) is 11.8. The second-order valence-electron chi connectivity index (χ2n) is 3.53. The van der Waals surface area contributed by atoms with Crippen LogP contribution in [-0.4, -0.2) is 12.6 Å². The van der Waals surface area contributed by atoms with Crippen LogP contribution in [0.15, 0.2) is 35.7 Å². The second kappa shape index (κ2) is 6.88. The smallest absolute Gasteiger partial charge is 0.335 e. The Kier molecular flexibility index (Phi) is 5.40. The van der Waals surface area contributed by atoms with Gasteiger partial charge in [0.1, 0.15) is 0 Å². The van der Waals surface area contributed by atoms with E-state index in [1.165, 1.54) is 0 Å². The summed E-state index contributed by atoms with van der Waals surface area (Å²) in [6.45, 7) is 4.17. The number of hydrogen-bond donors (Lipinski definition) is 1. The van der Waals surface area contributed by atoms with Gasteiger partial charge in [0, 0.05) is 11.9 Å². The van der Waals surface area contributed by atoms with E-state index in [-0.39, 0.29) is 5.97 Å². The van der Waals surface area contributed by atoms with Gasteiger partial charge in [-0.2, -0.15) is 0 Å². The van der Waals surface area contributed by atoms with E-state index in [1.54, 1.807) is 6.20 Å². The van der Waals surface area contributed by atoms with Crippen molar-refractivity contribution < 1.29 is 9.53 Å². The molecule has 3 nitrogen and oxygen atoms in total. The van der Waals surface area contributed by atoms with Crippen molar-refractivity contribution in [3.05, 3.63) is 35.7 Å². The molecular formula is C13H19NO2. The molecule has 0 aromatic rings. The zero-order valence-corrected chi connectivity index (χ0v) is 9.95. The van der Waals surface area contributed by atoms with Crippen LogP contribution in [0.2, 0.25) is 0 Å². The topological polar surface area (TPSA) is 38.3 Å². The summed E-state index contributed by atoms with van der Waals surface area (Å²) in [5, 5.41) is 3.12. The average molecular weight is 221 g/mol. The van der Waals surface area contributed by atoms with E-state index in [0.717, 1.165) is 18.5 Å². The largest absolute Gasteiger partial charge is 0.463 e. The molecule has 0 bridgehead atoms. The minimum Gasteiger partial charge on any atom is -0.463 e. The molecule has 1 aliphatic rings. The first-order valence-electron chi connectivity index (χ1n) is 5.77. The lowest BCUT2D eigenvalue weighted by Crippen LogP contribution is -2.12. The van der Waals surface area contributed by atoms with Crippen LogP contribution >= 0.6 is 0 Å². The number of esters is 1. The van der Waals surface area contributed by atoms with Crippen molar-refractivity contribution in [3.8, 4) is 0 Å². The molecule has 1 rings (SSSR count). The Hall–Kier alpha value is -1.51. The van der Waals surface area contributed by atoms with Gasteiger partial charge >= 0.3 is 5.97 Å². The van der Waals surface area contributed by atoms with E-state index in [1.807, 2.05) is 19.9 Å². The highest BCUT2D eigenvalue weighted by molar-refractivity contribution is 5.88. The first kappa shape index (κ1) is 12.6. The van der Waals surface area contributed by atoms with Gasteiger partial charge in [0.25, 0.3) is 0 Å². The normalized spacial score (nSPS) is 15.6. The fourth-order valence-corrected chi connectivity index (χ4v) is 1.42. The highest BCUT2D eigenvalue weighted by atomic mass is 16.5. The number of allylic oxidation sites excluding steroid dienone is 3. The van der Waals surface area contributed by atoms with Crippen LogP contribution in [0, 0.1) is 0 Å². The van der Waals surface area contributed by atoms with Gasteiger partial charge in [-0.05, 0) is 32.3 Å². The maximum Gasteiger partial charge on any atom is 0.335 e. The third-order valence-corrected chi connectivity index (χ3v) is 2.33. The summed E-state index contributed by atoms with van der Waals surface area (Å²) in [6.07, 6.45) is 10.8. The van der Waals surface area contributed by atoms with Crippen molar-refractivity contribution in [2.45, 2.75) is 33.1 Å². The van der Waals surface area contributed by atoms with E-state index < -0.39 is 0 Å². The number of carbonyl (C=O) groups excluding carboxylic acids is 1. The van der Waals surface area contributed by atoms with Crippen LogP contribution in [0.5, 0.6) is 0 Å². The van der Waals surface area contributed by atoms with Crippen LogP contribution < -0.4 is 5.32 Å². The summed E-state index contributed by atoms with van der Waals surface area (Å²) in [5.74, 6) is -0.238. The van der Waals surface area contributed by atoms with Gasteiger partial charge in [-0.15, -0.1) is 0 Å². The van der Waals surface area contributed by atoms with Gasteiger partial charge in [0.05, 0.1) is 12.2 Å². The third-order valence-electron chi connectivity index (χ3n) is 2.33. The summed E-state index contributed by atoms with van der Waals surface area (Å²) in [6, 6.07) is 0. The summed E-state index contributed by atoms with van der Waals surface area (Å²) in [5.41, 5.74) is 1.71. The van der Waals surface area contributed by atoms with E-state index in [4.69, 9.17) is 4.74 Å². The second-order valence-corrected chi connectivity index (χ2v) is 3.53. The summed E-state index contributed by atoms with van der Waals surface area (Å²) in [4.78, 5) is 11.5. The summed E-state index contributed by atoms with van der Waals surface area (Å²) in [7, 11) is 0. The van der Waals surface area contributed by atoms with Gasteiger partial charge in [0.2, 0.25) is 0 Å². The van der Waals surface area contributed by atoms with Crippen molar-refractivity contribution in [2.75, 3.05) is 6.61 Å².